The van der Waals surface area contributed by atoms with Gasteiger partial charge in [0.1, 0.15) is 0 Å². The Morgan fingerprint density at radius 3 is 2.55 bits per heavy atom. The summed E-state index contributed by atoms with van der Waals surface area (Å²) in [5.41, 5.74) is 1.11. The number of nitrogens with zero attached hydrogens (tertiary/aromatic N) is 1. The third kappa shape index (κ3) is 1.15. The number of oxazole rings is 1. The summed E-state index contributed by atoms with van der Waals surface area (Å²) in [6.45, 7) is 0. The van der Waals surface area contributed by atoms with E-state index in [0.717, 1.165) is 5.69 Å². The zero-order valence-electron chi connectivity index (χ0n) is 5.97. The van der Waals surface area contributed by atoms with E-state index in [2.05, 4.69) is 0 Å². The van der Waals surface area contributed by atoms with Crippen LogP contribution in [0.2, 0.25) is 0 Å². The highest BCUT2D eigenvalue weighted by Gasteiger charge is 2.02. The van der Waals surface area contributed by atoms with Crippen molar-refractivity contribution in [3.05, 3.63) is 49.2 Å². The van der Waals surface area contributed by atoms with Gasteiger partial charge in [-0.05, 0) is 0 Å². The molecule has 0 bridgehead atoms. The fraction of sp³-hybridized carbons (Fsp3) is 0. The largest absolute Gasteiger partial charge is 0.412 e. The zero-order valence-corrected chi connectivity index (χ0v) is 5.97. The van der Waals surface area contributed by atoms with Crippen molar-refractivity contribution in [1.29, 1.82) is 0 Å². The molecule has 2 heteroatoms. The second kappa shape index (κ2) is 2.58. The molecule has 0 aliphatic carbocycles. The number of aromatic nitrogens is 1. The van der Waals surface area contributed by atoms with Crippen molar-refractivity contribution in [3.8, 4) is 5.69 Å². The Bertz CT molecular complexity index is 313. The molecule has 11 heavy (non-hydrogen) atoms. The van der Waals surface area contributed by atoms with Crippen molar-refractivity contribution in [3.63, 3.8) is 0 Å². The van der Waals surface area contributed by atoms with Gasteiger partial charge in [-0.3, -0.25) is 0 Å². The summed E-state index contributed by atoms with van der Waals surface area (Å²) in [6.07, 6.45) is 5.18. The van der Waals surface area contributed by atoms with Gasteiger partial charge in [-0.15, -0.1) is 4.57 Å². The number of hydrogen-bond acceptors (Lipinski definition) is 1. The Balaban J connectivity index is 2.46. The average molecular weight is 146 g/mol. The van der Waals surface area contributed by atoms with E-state index < -0.39 is 0 Å². The minimum Gasteiger partial charge on any atom is -0.412 e. The standard InChI is InChI=1S/C9H8NO/c1-2-4-9(5-3-1)10-6-7-11-8-10/h1-8H/q+1. The highest BCUT2D eigenvalue weighted by molar-refractivity contribution is 5.20. The van der Waals surface area contributed by atoms with Crippen LogP contribution in [0.4, 0.5) is 0 Å². The zero-order chi connectivity index (χ0) is 7.52. The van der Waals surface area contributed by atoms with E-state index in [1.54, 1.807) is 12.7 Å². The molecule has 0 saturated carbocycles. The highest BCUT2D eigenvalue weighted by Crippen LogP contribution is 1.96. The monoisotopic (exact) mass is 146 g/mol. The van der Waals surface area contributed by atoms with Gasteiger partial charge in [0.25, 0.3) is 0 Å². The molecule has 0 aliphatic rings. The van der Waals surface area contributed by atoms with Crippen molar-refractivity contribution in [2.45, 2.75) is 0 Å². The maximum absolute atomic E-state index is 4.93. The lowest BCUT2D eigenvalue weighted by Crippen LogP contribution is -2.25. The third-order valence-corrected chi connectivity index (χ3v) is 1.53. The van der Waals surface area contributed by atoms with Gasteiger partial charge in [0.2, 0.25) is 11.9 Å². The van der Waals surface area contributed by atoms with Gasteiger partial charge in [0, 0.05) is 12.1 Å². The molecule has 0 fully saturated rings. The van der Waals surface area contributed by atoms with E-state index in [-0.39, 0.29) is 0 Å². The predicted molar refractivity (Wildman–Crippen MR) is 40.2 cm³/mol. The molecule has 2 nitrogen and oxygen atoms in total. The van der Waals surface area contributed by atoms with Crippen molar-refractivity contribution in [2.24, 2.45) is 0 Å². The first-order valence-corrected chi connectivity index (χ1v) is 3.46. The molecule has 1 aromatic carbocycles. The van der Waals surface area contributed by atoms with Crippen molar-refractivity contribution in [1.82, 2.24) is 0 Å². The smallest absolute Gasteiger partial charge is 0.340 e. The molecule has 0 atom stereocenters. The number of para-hydroxylation sites is 1. The van der Waals surface area contributed by atoms with Crippen LogP contribution >= 0.6 is 0 Å². The van der Waals surface area contributed by atoms with E-state index in [1.807, 2.05) is 41.1 Å². The Morgan fingerprint density at radius 1 is 1.09 bits per heavy atom. The molecule has 2 rings (SSSR count). The van der Waals surface area contributed by atoms with Crippen LogP contribution in [0.3, 0.4) is 0 Å². The fourth-order valence-electron chi connectivity index (χ4n) is 0.984. The molecule has 0 aliphatic heterocycles. The lowest BCUT2D eigenvalue weighted by atomic mass is 10.3. The number of hydrogen-bond donors (Lipinski definition) is 0. The summed E-state index contributed by atoms with van der Waals surface area (Å²) < 4.78 is 6.85. The second-order valence-electron chi connectivity index (χ2n) is 2.27. The summed E-state index contributed by atoms with van der Waals surface area (Å²) in [6, 6.07) is 10.0. The van der Waals surface area contributed by atoms with Crippen LogP contribution in [0.15, 0.2) is 53.6 Å². The molecule has 1 heterocycles. The SMILES string of the molecule is c1ccc(-[n+]2ccoc2)cc1. The Morgan fingerprint density at radius 2 is 1.91 bits per heavy atom. The van der Waals surface area contributed by atoms with Crippen LogP contribution in [-0.4, -0.2) is 0 Å². The van der Waals surface area contributed by atoms with Crippen LogP contribution in [0.1, 0.15) is 0 Å². The Kier molecular flexibility index (Phi) is 1.44. The summed E-state index contributed by atoms with van der Waals surface area (Å²) >= 11 is 0. The molecular weight excluding hydrogens is 138 g/mol. The van der Waals surface area contributed by atoms with E-state index in [0.29, 0.717) is 0 Å². The Labute approximate surface area is 64.7 Å². The molecule has 0 saturated heterocycles. The molecule has 0 N–H and O–H groups in total. The maximum atomic E-state index is 4.93. The first-order valence-electron chi connectivity index (χ1n) is 3.46. The average Bonchev–Trinajstić information content (AvgIpc) is 2.58. The highest BCUT2D eigenvalue weighted by atomic mass is 16.3. The molecule has 0 amide bonds. The normalized spacial score (nSPS) is 9.82. The molecule has 2 aromatic rings. The molecule has 1 aromatic heterocycles. The van der Waals surface area contributed by atoms with Crippen LogP contribution in [0, 0.1) is 0 Å². The summed E-state index contributed by atoms with van der Waals surface area (Å²) in [5, 5.41) is 0. The van der Waals surface area contributed by atoms with Gasteiger partial charge in [-0.25, -0.2) is 0 Å². The van der Waals surface area contributed by atoms with Crippen LogP contribution in [0.25, 0.3) is 5.69 Å². The Hall–Kier alpha value is -1.57. The summed E-state index contributed by atoms with van der Waals surface area (Å²) in [4.78, 5) is 0. The van der Waals surface area contributed by atoms with Gasteiger partial charge >= 0.3 is 6.39 Å². The first kappa shape index (κ1) is 6.16. The van der Waals surface area contributed by atoms with E-state index in [9.17, 15) is 0 Å². The molecule has 54 valence electrons. The van der Waals surface area contributed by atoms with E-state index in [4.69, 9.17) is 4.42 Å². The van der Waals surface area contributed by atoms with Gasteiger partial charge in [-0.2, -0.15) is 0 Å². The predicted octanol–water partition coefficient (Wildman–Crippen LogP) is 1.56. The summed E-state index contributed by atoms with van der Waals surface area (Å²) in [7, 11) is 0. The molecule has 0 radical (unpaired) electrons. The topological polar surface area (TPSA) is 17.0 Å². The molecule has 0 unspecified atom stereocenters. The minimum absolute atomic E-state index is 1.11. The van der Waals surface area contributed by atoms with Crippen LogP contribution < -0.4 is 4.57 Å². The summed E-state index contributed by atoms with van der Waals surface area (Å²) in [5.74, 6) is 0. The third-order valence-electron chi connectivity index (χ3n) is 1.53. The quantitative estimate of drug-likeness (QED) is 0.558. The van der Waals surface area contributed by atoms with E-state index >= 15 is 0 Å². The first-order chi connectivity index (χ1) is 5.47. The van der Waals surface area contributed by atoms with Gasteiger partial charge in [0.15, 0.2) is 6.26 Å². The van der Waals surface area contributed by atoms with Crippen molar-refractivity contribution in [2.75, 3.05) is 0 Å². The minimum atomic E-state index is 1.11. The molecule has 0 spiro atoms. The van der Waals surface area contributed by atoms with Gasteiger partial charge in [-0.1, -0.05) is 18.2 Å². The van der Waals surface area contributed by atoms with Crippen LogP contribution in [-0.2, 0) is 0 Å². The lowest BCUT2D eigenvalue weighted by molar-refractivity contribution is -0.599. The maximum Gasteiger partial charge on any atom is 0.340 e. The van der Waals surface area contributed by atoms with E-state index in [1.165, 1.54) is 0 Å². The fourth-order valence-corrected chi connectivity index (χ4v) is 0.984. The van der Waals surface area contributed by atoms with Gasteiger partial charge < -0.3 is 4.42 Å². The van der Waals surface area contributed by atoms with Crippen LogP contribution in [0.5, 0.6) is 0 Å². The second-order valence-corrected chi connectivity index (χ2v) is 2.27. The van der Waals surface area contributed by atoms with Crippen molar-refractivity contribution >= 4 is 0 Å². The molecular formula is C9H8NO+. The van der Waals surface area contributed by atoms with Gasteiger partial charge in [0.05, 0.1) is 0 Å². The van der Waals surface area contributed by atoms with Crippen molar-refractivity contribution < 1.29 is 8.98 Å². The number of benzene rings is 1. The lowest BCUT2D eigenvalue weighted by Gasteiger charge is -1.86. The number of rotatable bonds is 1.